The molecule has 0 heterocycles. The molecule has 25 heavy (non-hydrogen) atoms. The van der Waals surface area contributed by atoms with E-state index in [1.165, 1.54) is 0 Å². The number of hydrogen-bond donors (Lipinski definition) is 1. The van der Waals surface area contributed by atoms with Crippen molar-refractivity contribution in [2.75, 3.05) is 26.7 Å². The Hall–Kier alpha value is -2.04. The van der Waals surface area contributed by atoms with Gasteiger partial charge in [0.1, 0.15) is 12.4 Å². The van der Waals surface area contributed by atoms with Gasteiger partial charge in [0.2, 0.25) is 5.91 Å². The van der Waals surface area contributed by atoms with Crippen molar-refractivity contribution in [1.82, 2.24) is 10.2 Å². The summed E-state index contributed by atoms with van der Waals surface area (Å²) in [4.78, 5) is 14.2. The molecule has 5 heteroatoms. The highest BCUT2D eigenvalue weighted by atomic mass is 35.5. The van der Waals surface area contributed by atoms with Crippen LogP contribution < -0.4 is 10.1 Å². The third kappa shape index (κ3) is 6.77. The van der Waals surface area contributed by atoms with Crippen molar-refractivity contribution < 1.29 is 9.53 Å². The minimum atomic E-state index is 0.0163. The van der Waals surface area contributed by atoms with E-state index < -0.39 is 0 Å². The number of para-hydroxylation sites is 1. The summed E-state index contributed by atoms with van der Waals surface area (Å²) in [5.74, 6) is 0.738. The summed E-state index contributed by atoms with van der Waals surface area (Å²) in [7, 11) is 1.98. The zero-order valence-corrected chi connectivity index (χ0v) is 15.5. The van der Waals surface area contributed by atoms with Crippen LogP contribution in [0.25, 0.3) is 0 Å². The van der Waals surface area contributed by atoms with Gasteiger partial charge in [0.05, 0.1) is 11.1 Å². The van der Waals surface area contributed by atoms with Crippen LogP contribution in [0.4, 0.5) is 0 Å². The molecule has 0 aliphatic heterocycles. The lowest BCUT2D eigenvalue weighted by Gasteiger charge is -2.18. The van der Waals surface area contributed by atoms with Gasteiger partial charge in [-0.15, -0.1) is 0 Å². The minimum Gasteiger partial charge on any atom is -0.491 e. The summed E-state index contributed by atoms with van der Waals surface area (Å²) in [5.41, 5.74) is 1.11. The number of halogens is 1. The third-order valence-corrected chi connectivity index (χ3v) is 4.28. The fourth-order valence-electron chi connectivity index (χ4n) is 2.42. The van der Waals surface area contributed by atoms with Crippen LogP contribution in [0.5, 0.6) is 5.75 Å². The van der Waals surface area contributed by atoms with Crippen molar-refractivity contribution >= 4 is 17.5 Å². The topological polar surface area (TPSA) is 41.6 Å². The maximum absolute atomic E-state index is 12.1. The Kier molecular flexibility index (Phi) is 7.76. The van der Waals surface area contributed by atoms with Crippen LogP contribution in [0.15, 0.2) is 54.6 Å². The van der Waals surface area contributed by atoms with Gasteiger partial charge in [0, 0.05) is 19.5 Å². The fraction of sp³-hybridized carbons (Fsp3) is 0.350. The number of nitrogens with one attached hydrogen (secondary N) is 1. The van der Waals surface area contributed by atoms with Crippen LogP contribution in [0.3, 0.4) is 0 Å². The molecule has 0 saturated carbocycles. The highest BCUT2D eigenvalue weighted by Gasteiger charge is 2.10. The summed E-state index contributed by atoms with van der Waals surface area (Å²) in [5, 5.41) is 3.64. The number of hydrogen-bond acceptors (Lipinski definition) is 3. The average molecular weight is 361 g/mol. The molecule has 134 valence electrons. The molecule has 1 N–H and O–H groups in total. The van der Waals surface area contributed by atoms with Gasteiger partial charge in [-0.25, -0.2) is 0 Å². The van der Waals surface area contributed by atoms with Crippen molar-refractivity contribution in [1.29, 1.82) is 0 Å². The van der Waals surface area contributed by atoms with Gasteiger partial charge < -0.3 is 15.0 Å². The smallest absolute Gasteiger partial charge is 0.221 e. The number of likely N-dealkylation sites (N-methyl/N-ethyl adjacent to an activating group) is 1. The first kappa shape index (κ1) is 19.3. The molecule has 0 unspecified atom stereocenters. The molecule has 0 aliphatic carbocycles. The second-order valence-corrected chi connectivity index (χ2v) is 6.44. The van der Waals surface area contributed by atoms with Gasteiger partial charge >= 0.3 is 0 Å². The van der Waals surface area contributed by atoms with Crippen LogP contribution in [-0.2, 0) is 4.79 Å². The third-order valence-electron chi connectivity index (χ3n) is 3.96. The van der Waals surface area contributed by atoms with Crippen molar-refractivity contribution in [3.63, 3.8) is 0 Å². The van der Waals surface area contributed by atoms with Crippen molar-refractivity contribution in [2.45, 2.75) is 19.4 Å². The number of nitrogens with zero attached hydrogens (tertiary/aromatic N) is 1. The molecule has 2 aromatic carbocycles. The summed E-state index contributed by atoms with van der Waals surface area (Å²) in [6, 6.07) is 17.4. The Morgan fingerprint density at radius 2 is 1.80 bits per heavy atom. The first-order valence-electron chi connectivity index (χ1n) is 8.46. The molecule has 1 amide bonds. The number of rotatable bonds is 9. The van der Waals surface area contributed by atoms with Crippen molar-refractivity contribution in [3.8, 4) is 5.75 Å². The summed E-state index contributed by atoms with van der Waals surface area (Å²) in [6.07, 6.45) is 0.458. The first-order chi connectivity index (χ1) is 12.1. The zero-order chi connectivity index (χ0) is 18.1. The second-order valence-electron chi connectivity index (χ2n) is 6.03. The van der Waals surface area contributed by atoms with Gasteiger partial charge in [-0.1, -0.05) is 54.1 Å². The van der Waals surface area contributed by atoms with E-state index in [-0.39, 0.29) is 11.9 Å². The molecule has 0 aliphatic rings. The van der Waals surface area contributed by atoms with E-state index in [0.29, 0.717) is 30.3 Å². The lowest BCUT2D eigenvalue weighted by Crippen LogP contribution is -2.32. The molecule has 1 atom stereocenters. The molecule has 2 rings (SSSR count). The van der Waals surface area contributed by atoms with E-state index in [9.17, 15) is 4.79 Å². The van der Waals surface area contributed by atoms with Gasteiger partial charge in [0.25, 0.3) is 0 Å². The van der Waals surface area contributed by atoms with E-state index in [1.54, 1.807) is 6.07 Å². The minimum absolute atomic E-state index is 0.0163. The molecule has 0 aromatic heterocycles. The molecular weight excluding hydrogens is 336 g/mol. The maximum Gasteiger partial charge on any atom is 0.221 e. The van der Waals surface area contributed by atoms with Gasteiger partial charge in [-0.2, -0.15) is 0 Å². The molecule has 0 fully saturated rings. The Morgan fingerprint density at radius 3 is 2.52 bits per heavy atom. The van der Waals surface area contributed by atoms with Crippen molar-refractivity contribution in [3.05, 3.63) is 65.2 Å². The van der Waals surface area contributed by atoms with Gasteiger partial charge in [0.15, 0.2) is 0 Å². The van der Waals surface area contributed by atoms with Crippen LogP contribution in [0.1, 0.15) is 24.9 Å². The van der Waals surface area contributed by atoms with Crippen LogP contribution in [-0.4, -0.2) is 37.6 Å². The number of carbonyl (C=O) groups excluding carboxylic acids is 1. The monoisotopic (exact) mass is 360 g/mol. The second kappa shape index (κ2) is 10.1. The number of amides is 1. The maximum atomic E-state index is 12.1. The van der Waals surface area contributed by atoms with Crippen LogP contribution in [0, 0.1) is 0 Å². The van der Waals surface area contributed by atoms with E-state index in [1.807, 2.05) is 62.5 Å². The molecule has 4 nitrogen and oxygen atoms in total. The zero-order valence-electron chi connectivity index (χ0n) is 14.7. The SMILES string of the molecule is C[C@@H](NC(=O)CCN(C)CCOc1ccccc1Cl)c1ccccc1. The predicted octanol–water partition coefficient (Wildman–Crippen LogP) is 3.92. The Balaban J connectivity index is 1.65. The summed E-state index contributed by atoms with van der Waals surface area (Å²) < 4.78 is 5.66. The lowest BCUT2D eigenvalue weighted by molar-refractivity contribution is -0.122. The van der Waals surface area contributed by atoms with Crippen molar-refractivity contribution in [2.24, 2.45) is 0 Å². The standard InChI is InChI=1S/C20H25ClN2O2/c1-16(17-8-4-3-5-9-17)22-20(24)12-13-23(2)14-15-25-19-11-7-6-10-18(19)21/h3-11,16H,12-15H2,1-2H3,(H,22,24)/t16-/m1/s1. The predicted molar refractivity (Wildman–Crippen MR) is 102 cm³/mol. The van der Waals surface area contributed by atoms with Gasteiger partial charge in [-0.3, -0.25) is 4.79 Å². The Labute approximate surface area is 154 Å². The van der Waals surface area contributed by atoms with E-state index in [0.717, 1.165) is 12.1 Å². The van der Waals surface area contributed by atoms with E-state index >= 15 is 0 Å². The van der Waals surface area contributed by atoms with E-state index in [2.05, 4.69) is 10.2 Å². The fourth-order valence-corrected chi connectivity index (χ4v) is 2.61. The molecular formula is C20H25ClN2O2. The Morgan fingerprint density at radius 1 is 1.12 bits per heavy atom. The Bertz CT molecular complexity index is 664. The van der Waals surface area contributed by atoms with E-state index in [4.69, 9.17) is 16.3 Å². The molecule has 0 bridgehead atoms. The molecule has 2 aromatic rings. The quantitative estimate of drug-likeness (QED) is 0.737. The highest BCUT2D eigenvalue weighted by molar-refractivity contribution is 6.32. The largest absolute Gasteiger partial charge is 0.491 e. The summed E-state index contributed by atoms with van der Waals surface area (Å²) in [6.45, 7) is 3.93. The number of benzene rings is 2. The summed E-state index contributed by atoms with van der Waals surface area (Å²) >= 11 is 6.05. The number of carbonyl (C=O) groups is 1. The highest BCUT2D eigenvalue weighted by Crippen LogP contribution is 2.22. The normalized spacial score (nSPS) is 12.0. The van der Waals surface area contributed by atoms with Gasteiger partial charge in [-0.05, 0) is 31.7 Å². The first-order valence-corrected chi connectivity index (χ1v) is 8.84. The van der Waals surface area contributed by atoms with Crippen LogP contribution in [0.2, 0.25) is 5.02 Å². The molecule has 0 radical (unpaired) electrons. The van der Waals surface area contributed by atoms with Crippen LogP contribution >= 0.6 is 11.6 Å². The average Bonchev–Trinajstić information content (AvgIpc) is 2.62. The molecule has 0 spiro atoms. The number of ether oxygens (including phenoxy) is 1. The lowest BCUT2D eigenvalue weighted by atomic mass is 10.1. The molecule has 0 saturated heterocycles.